The molecule has 1 amide bonds. The van der Waals surface area contributed by atoms with Crippen molar-refractivity contribution in [2.75, 3.05) is 24.8 Å². The van der Waals surface area contributed by atoms with E-state index in [9.17, 15) is 4.79 Å². The molecule has 4 rings (SSSR count). The first kappa shape index (κ1) is 19.2. The van der Waals surface area contributed by atoms with Crippen molar-refractivity contribution in [1.82, 2.24) is 4.98 Å². The van der Waals surface area contributed by atoms with Crippen molar-refractivity contribution in [2.45, 2.75) is 25.0 Å². The van der Waals surface area contributed by atoms with Crippen LogP contribution in [-0.2, 0) is 10.3 Å². The van der Waals surface area contributed by atoms with Crippen LogP contribution in [0, 0.1) is 5.92 Å². The van der Waals surface area contributed by atoms with Crippen LogP contribution in [0.5, 0.6) is 5.75 Å². The van der Waals surface area contributed by atoms with Gasteiger partial charge >= 0.3 is 0 Å². The molecule has 3 N–H and O–H groups in total. The molecule has 1 saturated heterocycles. The summed E-state index contributed by atoms with van der Waals surface area (Å²) < 4.78 is 11.1. The SMILES string of the molecule is COc1cccc(NC(=O)c2cnc([C@]34CO[C@@H](C)C[C@H]3CSC(N)=N4)s2)c1. The Balaban J connectivity index is 1.59. The molecule has 3 heterocycles. The molecule has 28 heavy (non-hydrogen) atoms. The second-order valence-electron chi connectivity index (χ2n) is 6.96. The summed E-state index contributed by atoms with van der Waals surface area (Å²) in [5, 5.41) is 4.22. The number of rotatable bonds is 4. The maximum Gasteiger partial charge on any atom is 0.267 e. The summed E-state index contributed by atoms with van der Waals surface area (Å²) >= 11 is 2.93. The number of hydrogen-bond donors (Lipinski definition) is 2. The van der Waals surface area contributed by atoms with E-state index in [0.717, 1.165) is 17.2 Å². The number of benzene rings is 1. The number of nitrogens with two attached hydrogens (primary N) is 1. The number of anilines is 1. The van der Waals surface area contributed by atoms with Crippen LogP contribution in [0.4, 0.5) is 5.69 Å². The number of nitrogens with zero attached hydrogens (tertiary/aromatic N) is 2. The standard InChI is InChI=1S/C19H22N4O3S2/c1-11-6-12-9-27-18(20)23-19(12,10-26-11)17-21-8-15(28-17)16(24)22-13-4-3-5-14(7-13)25-2/h3-5,7-8,11-12H,6,9-10H2,1-2H3,(H2,20,23)(H,22,24)/t11-,12-,19-/m0/s1. The van der Waals surface area contributed by atoms with Crippen molar-refractivity contribution >= 4 is 39.9 Å². The number of amides is 1. The summed E-state index contributed by atoms with van der Waals surface area (Å²) in [5.41, 5.74) is 6.11. The van der Waals surface area contributed by atoms with Gasteiger partial charge in [-0.3, -0.25) is 4.79 Å². The molecule has 0 saturated carbocycles. The minimum absolute atomic E-state index is 0.184. The molecule has 9 heteroatoms. The molecule has 2 aromatic rings. The Morgan fingerprint density at radius 2 is 2.32 bits per heavy atom. The van der Waals surface area contributed by atoms with Crippen molar-refractivity contribution in [3.63, 3.8) is 0 Å². The van der Waals surface area contributed by atoms with Gasteiger partial charge in [0.25, 0.3) is 5.91 Å². The molecule has 0 spiro atoms. The first-order chi connectivity index (χ1) is 13.5. The smallest absolute Gasteiger partial charge is 0.267 e. The maximum absolute atomic E-state index is 12.7. The molecule has 7 nitrogen and oxygen atoms in total. The Morgan fingerprint density at radius 3 is 3.14 bits per heavy atom. The third-order valence-corrected chi connectivity index (χ3v) is 7.17. The van der Waals surface area contributed by atoms with Gasteiger partial charge in [0, 0.05) is 23.4 Å². The molecule has 0 bridgehead atoms. The zero-order valence-corrected chi connectivity index (χ0v) is 17.3. The van der Waals surface area contributed by atoms with E-state index in [1.807, 2.05) is 18.2 Å². The normalized spacial score (nSPS) is 26.9. The lowest BCUT2D eigenvalue weighted by Crippen LogP contribution is -2.49. The van der Waals surface area contributed by atoms with Gasteiger partial charge in [-0.25, -0.2) is 9.98 Å². The monoisotopic (exact) mass is 418 g/mol. The van der Waals surface area contributed by atoms with Crippen molar-refractivity contribution < 1.29 is 14.3 Å². The lowest BCUT2D eigenvalue weighted by atomic mass is 9.80. The van der Waals surface area contributed by atoms with Crippen LogP contribution in [0.15, 0.2) is 35.5 Å². The van der Waals surface area contributed by atoms with E-state index in [0.29, 0.717) is 28.1 Å². The van der Waals surface area contributed by atoms with Crippen LogP contribution in [0.1, 0.15) is 28.0 Å². The second-order valence-corrected chi connectivity index (χ2v) is 9.03. The Morgan fingerprint density at radius 1 is 1.46 bits per heavy atom. The van der Waals surface area contributed by atoms with Crippen LogP contribution in [0.25, 0.3) is 0 Å². The summed E-state index contributed by atoms with van der Waals surface area (Å²) in [6.45, 7) is 2.51. The summed E-state index contributed by atoms with van der Waals surface area (Å²) in [6, 6.07) is 7.24. The Hall–Kier alpha value is -2.10. The minimum Gasteiger partial charge on any atom is -0.497 e. The Labute approximate surface area is 171 Å². The number of carbonyl (C=O) groups is 1. The summed E-state index contributed by atoms with van der Waals surface area (Å²) in [6.07, 6.45) is 2.69. The summed E-state index contributed by atoms with van der Waals surface area (Å²) in [4.78, 5) is 22.5. The minimum atomic E-state index is -0.596. The third-order valence-electron chi connectivity index (χ3n) is 5.05. The lowest BCUT2D eigenvalue weighted by molar-refractivity contribution is -0.0466. The quantitative estimate of drug-likeness (QED) is 0.792. The van der Waals surface area contributed by atoms with Crippen molar-refractivity contribution in [3.05, 3.63) is 40.3 Å². The number of aliphatic imine (C=N–C) groups is 1. The first-order valence-corrected chi connectivity index (χ1v) is 10.8. The number of thiazole rings is 1. The predicted octanol–water partition coefficient (Wildman–Crippen LogP) is 3.09. The number of ether oxygens (including phenoxy) is 2. The van der Waals surface area contributed by atoms with Gasteiger partial charge in [-0.05, 0) is 25.5 Å². The number of nitrogens with one attached hydrogen (secondary N) is 1. The zero-order chi connectivity index (χ0) is 19.7. The van der Waals surface area contributed by atoms with Gasteiger partial charge in [0.2, 0.25) is 0 Å². The summed E-state index contributed by atoms with van der Waals surface area (Å²) in [5.74, 6) is 1.64. The largest absolute Gasteiger partial charge is 0.497 e. The Bertz CT molecular complexity index is 916. The van der Waals surface area contributed by atoms with E-state index in [1.165, 1.54) is 11.3 Å². The van der Waals surface area contributed by atoms with E-state index < -0.39 is 5.54 Å². The van der Waals surface area contributed by atoms with E-state index in [1.54, 1.807) is 31.1 Å². The second kappa shape index (κ2) is 7.73. The van der Waals surface area contributed by atoms with Crippen LogP contribution in [0.3, 0.4) is 0 Å². The van der Waals surface area contributed by atoms with E-state index >= 15 is 0 Å². The van der Waals surface area contributed by atoms with Gasteiger partial charge in [0.1, 0.15) is 21.2 Å². The highest BCUT2D eigenvalue weighted by Gasteiger charge is 2.49. The van der Waals surface area contributed by atoms with E-state index in [2.05, 4.69) is 17.2 Å². The number of amidine groups is 1. The highest BCUT2D eigenvalue weighted by atomic mass is 32.2. The van der Waals surface area contributed by atoms with Crippen LogP contribution in [0.2, 0.25) is 0 Å². The molecular weight excluding hydrogens is 396 g/mol. The van der Waals surface area contributed by atoms with Gasteiger partial charge in [-0.15, -0.1) is 11.3 Å². The van der Waals surface area contributed by atoms with E-state index in [-0.39, 0.29) is 17.9 Å². The average Bonchev–Trinajstić information content (AvgIpc) is 3.19. The molecule has 0 radical (unpaired) electrons. The molecule has 2 aliphatic rings. The van der Waals surface area contributed by atoms with Crippen LogP contribution < -0.4 is 15.8 Å². The topological polar surface area (TPSA) is 98.8 Å². The number of fused-ring (bicyclic) bond motifs is 1. The zero-order valence-electron chi connectivity index (χ0n) is 15.7. The number of thioether (sulfide) groups is 1. The van der Waals surface area contributed by atoms with Crippen molar-refractivity contribution in [1.29, 1.82) is 0 Å². The van der Waals surface area contributed by atoms with Gasteiger partial charge in [-0.2, -0.15) is 0 Å². The Kier molecular flexibility index (Phi) is 5.31. The average molecular weight is 419 g/mol. The molecule has 148 valence electrons. The molecule has 1 aromatic carbocycles. The van der Waals surface area contributed by atoms with Gasteiger partial charge < -0.3 is 20.5 Å². The molecular formula is C19H22N4O3S2. The molecule has 0 aliphatic carbocycles. The number of methoxy groups -OCH3 is 1. The van der Waals surface area contributed by atoms with Gasteiger partial charge in [0.15, 0.2) is 5.17 Å². The number of hydrogen-bond acceptors (Lipinski definition) is 8. The molecule has 0 unspecified atom stereocenters. The van der Waals surface area contributed by atoms with Gasteiger partial charge in [-0.1, -0.05) is 17.8 Å². The van der Waals surface area contributed by atoms with Crippen molar-refractivity contribution in [2.24, 2.45) is 16.6 Å². The lowest BCUT2D eigenvalue weighted by Gasteiger charge is -2.44. The third kappa shape index (κ3) is 3.61. The highest BCUT2D eigenvalue weighted by Crippen LogP contribution is 2.46. The van der Waals surface area contributed by atoms with Crippen LogP contribution >= 0.6 is 23.1 Å². The molecule has 1 aromatic heterocycles. The molecule has 1 fully saturated rings. The van der Waals surface area contributed by atoms with Crippen molar-refractivity contribution in [3.8, 4) is 5.75 Å². The van der Waals surface area contributed by atoms with E-state index in [4.69, 9.17) is 20.2 Å². The number of carbonyl (C=O) groups excluding carboxylic acids is 1. The number of aromatic nitrogens is 1. The highest BCUT2D eigenvalue weighted by molar-refractivity contribution is 8.13. The summed E-state index contributed by atoms with van der Waals surface area (Å²) in [7, 11) is 1.59. The maximum atomic E-state index is 12.7. The fourth-order valence-corrected chi connectivity index (χ4v) is 5.57. The predicted molar refractivity (Wildman–Crippen MR) is 112 cm³/mol. The van der Waals surface area contributed by atoms with Crippen LogP contribution in [-0.4, -0.2) is 41.6 Å². The fourth-order valence-electron chi connectivity index (χ4n) is 3.55. The first-order valence-electron chi connectivity index (χ1n) is 9.01. The molecule has 2 aliphatic heterocycles. The molecule has 3 atom stereocenters. The van der Waals surface area contributed by atoms with Gasteiger partial charge in [0.05, 0.1) is 26.0 Å². The fraction of sp³-hybridized carbons (Fsp3) is 0.421.